The molecule has 2 aromatic rings. The van der Waals surface area contributed by atoms with Gasteiger partial charge in [0.05, 0.1) is 29.7 Å². The van der Waals surface area contributed by atoms with Crippen LogP contribution in [0.3, 0.4) is 0 Å². The first-order valence-electron chi connectivity index (χ1n) is 6.16. The van der Waals surface area contributed by atoms with Crippen LogP contribution in [-0.4, -0.2) is 34.7 Å². The molecule has 1 amide bonds. The van der Waals surface area contributed by atoms with Crippen molar-refractivity contribution in [1.29, 1.82) is 0 Å². The smallest absolute Gasteiger partial charge is 0.236 e. The zero-order valence-electron chi connectivity index (χ0n) is 11.5. The standard InChI is InChI=1S/C13H14N2O3S3/c1-3-18-13(19)20-7-11(16)15-12-14-9-5-4-8(17-2)6-10(9)21-12/h4-6H,3,7H2,1-2H3,(H,14,15,16). The lowest BCUT2D eigenvalue weighted by atomic mass is 10.3. The monoisotopic (exact) mass is 342 g/mol. The number of carbonyl (C=O) groups is 1. The van der Waals surface area contributed by atoms with Crippen LogP contribution in [0.5, 0.6) is 5.75 Å². The number of thioether (sulfide) groups is 1. The summed E-state index contributed by atoms with van der Waals surface area (Å²) in [6.07, 6.45) is 0. The Bertz CT molecular complexity index is 657. The van der Waals surface area contributed by atoms with Crippen molar-refractivity contribution in [3.63, 3.8) is 0 Å². The van der Waals surface area contributed by atoms with Crippen LogP contribution >= 0.6 is 35.3 Å². The largest absolute Gasteiger partial charge is 0.497 e. The Kier molecular flexibility index (Phi) is 5.77. The van der Waals surface area contributed by atoms with Gasteiger partial charge < -0.3 is 14.8 Å². The van der Waals surface area contributed by atoms with Gasteiger partial charge in [-0.05, 0) is 37.3 Å². The molecule has 0 saturated heterocycles. The molecule has 0 aliphatic carbocycles. The summed E-state index contributed by atoms with van der Waals surface area (Å²) in [5, 5.41) is 3.32. The molecule has 0 aliphatic rings. The van der Waals surface area contributed by atoms with E-state index in [0.29, 0.717) is 16.1 Å². The van der Waals surface area contributed by atoms with E-state index in [1.54, 1.807) is 7.11 Å². The molecule has 0 bridgehead atoms. The van der Waals surface area contributed by atoms with E-state index in [2.05, 4.69) is 10.3 Å². The molecule has 0 spiro atoms. The third-order valence-corrected chi connectivity index (χ3v) is 4.59. The third kappa shape index (κ3) is 4.55. The molecule has 5 nitrogen and oxygen atoms in total. The average Bonchev–Trinajstić information content (AvgIpc) is 2.86. The molecule has 0 atom stereocenters. The van der Waals surface area contributed by atoms with Gasteiger partial charge >= 0.3 is 0 Å². The number of amides is 1. The lowest BCUT2D eigenvalue weighted by Crippen LogP contribution is -2.15. The highest BCUT2D eigenvalue weighted by Gasteiger charge is 2.10. The van der Waals surface area contributed by atoms with Gasteiger partial charge in [-0.2, -0.15) is 0 Å². The summed E-state index contributed by atoms with van der Waals surface area (Å²) in [6, 6.07) is 5.59. The summed E-state index contributed by atoms with van der Waals surface area (Å²) in [6.45, 7) is 2.36. The van der Waals surface area contributed by atoms with Crippen molar-refractivity contribution in [3.05, 3.63) is 18.2 Å². The lowest BCUT2D eigenvalue weighted by Gasteiger charge is -2.03. The molecule has 0 aliphatic heterocycles. The number of methoxy groups -OCH3 is 1. The molecular weight excluding hydrogens is 328 g/mol. The second-order valence-electron chi connectivity index (χ2n) is 3.87. The Balaban J connectivity index is 1.96. The van der Waals surface area contributed by atoms with E-state index in [1.807, 2.05) is 25.1 Å². The maximum absolute atomic E-state index is 11.8. The van der Waals surface area contributed by atoms with E-state index in [9.17, 15) is 4.79 Å². The topological polar surface area (TPSA) is 60.5 Å². The fourth-order valence-electron chi connectivity index (χ4n) is 1.52. The van der Waals surface area contributed by atoms with E-state index in [0.717, 1.165) is 16.0 Å². The van der Waals surface area contributed by atoms with Gasteiger partial charge in [-0.3, -0.25) is 4.79 Å². The summed E-state index contributed by atoms with van der Waals surface area (Å²) in [5.74, 6) is 0.813. The molecule has 1 N–H and O–H groups in total. The van der Waals surface area contributed by atoms with Gasteiger partial charge in [-0.15, -0.1) is 0 Å². The summed E-state index contributed by atoms with van der Waals surface area (Å²) >= 11 is 7.55. The first-order valence-corrected chi connectivity index (χ1v) is 8.37. The lowest BCUT2D eigenvalue weighted by molar-refractivity contribution is -0.113. The maximum Gasteiger partial charge on any atom is 0.236 e. The molecule has 1 aromatic heterocycles. The van der Waals surface area contributed by atoms with Crippen LogP contribution in [-0.2, 0) is 9.53 Å². The summed E-state index contributed by atoms with van der Waals surface area (Å²) in [7, 11) is 1.61. The SMILES string of the molecule is CCOC(=S)SCC(=O)Nc1nc2ccc(OC)cc2s1. The van der Waals surface area contributed by atoms with E-state index in [4.69, 9.17) is 21.7 Å². The number of benzene rings is 1. The van der Waals surface area contributed by atoms with Gasteiger partial charge in [0.25, 0.3) is 0 Å². The predicted octanol–water partition coefficient (Wildman–Crippen LogP) is 3.30. The van der Waals surface area contributed by atoms with Crippen LogP contribution in [0.4, 0.5) is 5.13 Å². The molecule has 21 heavy (non-hydrogen) atoms. The highest BCUT2D eigenvalue weighted by Crippen LogP contribution is 2.29. The minimum atomic E-state index is -0.159. The van der Waals surface area contributed by atoms with Crippen molar-refractivity contribution in [2.45, 2.75) is 6.92 Å². The van der Waals surface area contributed by atoms with Crippen LogP contribution in [0.1, 0.15) is 6.92 Å². The van der Waals surface area contributed by atoms with Crippen molar-refractivity contribution in [1.82, 2.24) is 4.98 Å². The van der Waals surface area contributed by atoms with Gasteiger partial charge in [0, 0.05) is 0 Å². The Morgan fingerprint density at radius 2 is 2.33 bits per heavy atom. The van der Waals surface area contributed by atoms with Gasteiger partial charge in [-0.25, -0.2) is 4.98 Å². The number of anilines is 1. The van der Waals surface area contributed by atoms with E-state index < -0.39 is 0 Å². The van der Waals surface area contributed by atoms with Gasteiger partial charge in [0.2, 0.25) is 10.3 Å². The van der Waals surface area contributed by atoms with E-state index in [1.165, 1.54) is 23.1 Å². The number of carbonyl (C=O) groups excluding carboxylic acids is 1. The van der Waals surface area contributed by atoms with Crippen molar-refractivity contribution in [3.8, 4) is 5.75 Å². The quantitative estimate of drug-likeness (QED) is 0.841. The Hall–Kier alpha value is -1.38. The Morgan fingerprint density at radius 1 is 1.52 bits per heavy atom. The van der Waals surface area contributed by atoms with Gasteiger partial charge in [0.15, 0.2) is 5.13 Å². The highest BCUT2D eigenvalue weighted by atomic mass is 32.2. The van der Waals surface area contributed by atoms with Crippen LogP contribution in [0.25, 0.3) is 10.2 Å². The number of aromatic nitrogens is 1. The van der Waals surface area contributed by atoms with Crippen molar-refractivity contribution in [2.24, 2.45) is 0 Å². The normalized spacial score (nSPS) is 10.4. The van der Waals surface area contributed by atoms with Crippen molar-refractivity contribution >= 4 is 61.0 Å². The fourth-order valence-corrected chi connectivity index (χ4v) is 3.25. The molecule has 8 heteroatoms. The minimum absolute atomic E-state index is 0.159. The van der Waals surface area contributed by atoms with E-state index in [-0.39, 0.29) is 11.7 Å². The van der Waals surface area contributed by atoms with E-state index >= 15 is 0 Å². The molecule has 2 rings (SSSR count). The Morgan fingerprint density at radius 3 is 3.05 bits per heavy atom. The predicted molar refractivity (Wildman–Crippen MR) is 91.5 cm³/mol. The second kappa shape index (κ2) is 7.58. The minimum Gasteiger partial charge on any atom is -0.497 e. The average molecular weight is 342 g/mol. The Labute approximate surface area is 136 Å². The number of rotatable bonds is 5. The number of ether oxygens (including phenoxy) is 2. The molecule has 1 aromatic carbocycles. The highest BCUT2D eigenvalue weighted by molar-refractivity contribution is 8.23. The van der Waals surface area contributed by atoms with Crippen molar-refractivity contribution in [2.75, 3.05) is 24.8 Å². The molecule has 112 valence electrons. The van der Waals surface area contributed by atoms with Crippen molar-refractivity contribution < 1.29 is 14.3 Å². The molecule has 0 radical (unpaired) electrons. The summed E-state index contributed by atoms with van der Waals surface area (Å²) < 4.78 is 11.6. The van der Waals surface area contributed by atoms with Crippen LogP contribution in [0, 0.1) is 0 Å². The summed E-state index contributed by atoms with van der Waals surface area (Å²) in [5.41, 5.74) is 0.827. The zero-order chi connectivity index (χ0) is 15.2. The maximum atomic E-state index is 11.8. The molecular formula is C13H14N2O3S3. The number of nitrogens with one attached hydrogen (secondary N) is 1. The molecule has 1 heterocycles. The first kappa shape index (κ1) is 16.0. The fraction of sp³-hybridized carbons (Fsp3) is 0.308. The van der Waals surface area contributed by atoms with Gasteiger partial charge in [-0.1, -0.05) is 23.1 Å². The number of fused-ring (bicyclic) bond motifs is 1. The van der Waals surface area contributed by atoms with Crippen LogP contribution in [0.2, 0.25) is 0 Å². The molecule has 0 saturated carbocycles. The summed E-state index contributed by atoms with van der Waals surface area (Å²) in [4.78, 5) is 16.2. The number of hydrogen-bond acceptors (Lipinski definition) is 7. The number of thiocarbonyl (C=S) groups is 1. The third-order valence-electron chi connectivity index (χ3n) is 2.43. The first-order chi connectivity index (χ1) is 10.1. The number of nitrogens with zero attached hydrogens (tertiary/aromatic N) is 1. The second-order valence-corrected chi connectivity index (χ2v) is 6.48. The molecule has 0 fully saturated rings. The van der Waals surface area contributed by atoms with Gasteiger partial charge in [0.1, 0.15) is 5.75 Å². The number of hydrogen-bond donors (Lipinski definition) is 1. The van der Waals surface area contributed by atoms with Crippen LogP contribution in [0.15, 0.2) is 18.2 Å². The number of thiazole rings is 1. The molecule has 0 unspecified atom stereocenters. The zero-order valence-corrected chi connectivity index (χ0v) is 14.0. The van der Waals surface area contributed by atoms with Crippen LogP contribution < -0.4 is 10.1 Å².